The minimum atomic E-state index is -3.28. The van der Waals surface area contributed by atoms with Gasteiger partial charge in [-0.15, -0.1) is 0 Å². The molecule has 1 aliphatic heterocycles. The summed E-state index contributed by atoms with van der Waals surface area (Å²) in [5.74, 6) is 0.669. The van der Waals surface area contributed by atoms with Gasteiger partial charge >= 0.3 is 9.15 Å². The minimum absolute atomic E-state index is 0.356. The van der Waals surface area contributed by atoms with Crippen molar-refractivity contribution in [3.05, 3.63) is 0 Å². The molecule has 0 amide bonds. The van der Waals surface area contributed by atoms with E-state index >= 15 is 0 Å². The van der Waals surface area contributed by atoms with Crippen molar-refractivity contribution in [2.45, 2.75) is 38.5 Å². The van der Waals surface area contributed by atoms with Crippen molar-refractivity contribution in [2.24, 2.45) is 0 Å². The predicted molar refractivity (Wildman–Crippen MR) is 55.0 cm³/mol. The monoisotopic (exact) mass is 224 g/mol. The minimum Gasteiger partial charge on any atom is -0.262 e. The molecule has 0 spiro atoms. The summed E-state index contributed by atoms with van der Waals surface area (Å²) < 4.78 is 27.1. The Morgan fingerprint density at radius 3 is 2.31 bits per heavy atom. The standard InChI is InChI=1S/C8H16O3S2/c9-13(10)11-7-5-3-1-2-4-6-8-12-13/h1-8H2. The molecule has 13 heavy (non-hydrogen) atoms. The lowest BCUT2D eigenvalue weighted by Gasteiger charge is -2.02. The summed E-state index contributed by atoms with van der Waals surface area (Å²) >= 11 is 0. The molecule has 0 atom stereocenters. The van der Waals surface area contributed by atoms with Crippen molar-refractivity contribution in [3.63, 3.8) is 0 Å². The molecule has 0 N–H and O–H groups in total. The summed E-state index contributed by atoms with van der Waals surface area (Å²) in [5, 5.41) is 0. The Balaban J connectivity index is 2.36. The maximum atomic E-state index is 11.1. The van der Waals surface area contributed by atoms with Gasteiger partial charge in [0.25, 0.3) is 0 Å². The SMILES string of the molecule is O=S1(=O)OCCCCCCCCS1. The molecular weight excluding hydrogens is 208 g/mol. The van der Waals surface area contributed by atoms with Crippen LogP contribution in [0.25, 0.3) is 0 Å². The van der Waals surface area contributed by atoms with Gasteiger partial charge in [-0.25, -0.2) is 0 Å². The van der Waals surface area contributed by atoms with E-state index in [2.05, 4.69) is 0 Å². The molecule has 1 heterocycles. The van der Waals surface area contributed by atoms with Crippen molar-refractivity contribution in [1.82, 2.24) is 0 Å². The van der Waals surface area contributed by atoms with Crippen molar-refractivity contribution < 1.29 is 12.6 Å². The van der Waals surface area contributed by atoms with Crippen LogP contribution in [-0.4, -0.2) is 20.8 Å². The third kappa shape index (κ3) is 5.54. The van der Waals surface area contributed by atoms with Gasteiger partial charge in [0.05, 0.1) is 6.61 Å². The quantitative estimate of drug-likeness (QED) is 0.592. The molecule has 0 aromatic heterocycles. The van der Waals surface area contributed by atoms with Crippen LogP contribution in [0.2, 0.25) is 0 Å². The van der Waals surface area contributed by atoms with Crippen molar-refractivity contribution in [2.75, 3.05) is 12.4 Å². The fourth-order valence-electron chi connectivity index (χ4n) is 1.27. The molecule has 3 nitrogen and oxygen atoms in total. The predicted octanol–water partition coefficient (Wildman–Crippen LogP) is 2.34. The first-order valence-electron chi connectivity index (χ1n) is 4.74. The fourth-order valence-corrected chi connectivity index (χ4v) is 3.56. The third-order valence-corrected chi connectivity index (χ3v) is 4.85. The van der Waals surface area contributed by atoms with Gasteiger partial charge in [-0.2, -0.15) is 8.42 Å². The van der Waals surface area contributed by atoms with Crippen LogP contribution in [0.4, 0.5) is 0 Å². The Labute approximate surface area is 83.8 Å². The third-order valence-electron chi connectivity index (χ3n) is 1.99. The molecule has 5 heteroatoms. The highest BCUT2D eigenvalue weighted by molar-refractivity contribution is 8.70. The highest BCUT2D eigenvalue weighted by Gasteiger charge is 2.11. The fraction of sp³-hybridized carbons (Fsp3) is 1.00. The van der Waals surface area contributed by atoms with E-state index in [0.29, 0.717) is 12.4 Å². The molecular formula is C8H16O3S2. The summed E-state index contributed by atoms with van der Waals surface area (Å²) in [7, 11) is -2.35. The largest absolute Gasteiger partial charge is 0.322 e. The van der Waals surface area contributed by atoms with E-state index < -0.39 is 9.15 Å². The van der Waals surface area contributed by atoms with E-state index in [0.717, 1.165) is 36.5 Å². The molecule has 0 aromatic rings. The number of rotatable bonds is 0. The normalized spacial score (nSPS) is 26.2. The Morgan fingerprint density at radius 1 is 0.923 bits per heavy atom. The summed E-state index contributed by atoms with van der Waals surface area (Å²) in [5.41, 5.74) is 0. The maximum Gasteiger partial charge on any atom is 0.322 e. The van der Waals surface area contributed by atoms with Gasteiger partial charge in [0.2, 0.25) is 0 Å². The molecule has 0 aromatic carbocycles. The van der Waals surface area contributed by atoms with Crippen LogP contribution in [0.1, 0.15) is 38.5 Å². The molecule has 78 valence electrons. The van der Waals surface area contributed by atoms with Crippen LogP contribution in [0.15, 0.2) is 0 Å². The Hall–Kier alpha value is 0.260. The first-order valence-corrected chi connectivity index (χ1v) is 7.65. The first-order chi connectivity index (χ1) is 6.21. The lowest BCUT2D eigenvalue weighted by molar-refractivity contribution is 0.317. The Bertz CT molecular complexity index is 206. The zero-order valence-corrected chi connectivity index (χ0v) is 9.33. The smallest absolute Gasteiger partial charge is 0.262 e. The topological polar surface area (TPSA) is 43.4 Å². The number of hydrogen-bond donors (Lipinski definition) is 0. The van der Waals surface area contributed by atoms with Crippen molar-refractivity contribution >= 4 is 19.9 Å². The van der Waals surface area contributed by atoms with E-state index in [4.69, 9.17) is 4.18 Å². The molecule has 1 saturated heterocycles. The first kappa shape index (κ1) is 11.3. The van der Waals surface area contributed by atoms with Crippen LogP contribution >= 0.6 is 10.8 Å². The van der Waals surface area contributed by atoms with E-state index in [-0.39, 0.29) is 0 Å². The molecule has 0 aliphatic carbocycles. The molecule has 1 fully saturated rings. The molecule has 1 rings (SSSR count). The zero-order chi connectivity index (χ0) is 9.57. The molecule has 1 aliphatic rings. The summed E-state index contributed by atoms with van der Waals surface area (Å²) in [4.78, 5) is 0. The number of hydrogen-bond acceptors (Lipinski definition) is 4. The summed E-state index contributed by atoms with van der Waals surface area (Å²) in [6.07, 6.45) is 6.49. The summed E-state index contributed by atoms with van der Waals surface area (Å²) in [6, 6.07) is 0. The van der Waals surface area contributed by atoms with Crippen LogP contribution in [-0.2, 0) is 13.3 Å². The average molecular weight is 224 g/mol. The van der Waals surface area contributed by atoms with Crippen LogP contribution < -0.4 is 0 Å². The van der Waals surface area contributed by atoms with Gasteiger partial charge in [0.15, 0.2) is 0 Å². The Morgan fingerprint density at radius 2 is 1.54 bits per heavy atom. The van der Waals surface area contributed by atoms with Gasteiger partial charge in [-0.3, -0.25) is 4.18 Å². The highest BCUT2D eigenvalue weighted by atomic mass is 33.1. The zero-order valence-electron chi connectivity index (χ0n) is 7.70. The molecule has 0 bridgehead atoms. The van der Waals surface area contributed by atoms with E-state index in [9.17, 15) is 8.42 Å². The summed E-state index contributed by atoms with van der Waals surface area (Å²) in [6.45, 7) is 0.356. The van der Waals surface area contributed by atoms with Crippen molar-refractivity contribution in [1.29, 1.82) is 0 Å². The van der Waals surface area contributed by atoms with E-state index in [1.54, 1.807) is 0 Å². The van der Waals surface area contributed by atoms with Crippen LogP contribution in [0.3, 0.4) is 0 Å². The highest BCUT2D eigenvalue weighted by Crippen LogP contribution is 2.19. The van der Waals surface area contributed by atoms with E-state index in [1.807, 2.05) is 0 Å². The van der Waals surface area contributed by atoms with E-state index in [1.165, 1.54) is 12.8 Å². The van der Waals surface area contributed by atoms with Gasteiger partial charge < -0.3 is 0 Å². The van der Waals surface area contributed by atoms with Gasteiger partial charge in [-0.1, -0.05) is 25.7 Å². The van der Waals surface area contributed by atoms with Gasteiger partial charge in [0, 0.05) is 5.75 Å². The molecule has 0 saturated carbocycles. The maximum absolute atomic E-state index is 11.1. The molecule has 0 unspecified atom stereocenters. The second-order valence-corrected chi connectivity index (χ2v) is 6.80. The van der Waals surface area contributed by atoms with Crippen molar-refractivity contribution in [3.8, 4) is 0 Å². The Kier molecular flexibility index (Phi) is 5.13. The second kappa shape index (κ2) is 5.88. The molecule has 0 radical (unpaired) electrons. The van der Waals surface area contributed by atoms with Gasteiger partial charge in [0.1, 0.15) is 0 Å². The van der Waals surface area contributed by atoms with Gasteiger partial charge in [-0.05, 0) is 23.6 Å². The second-order valence-electron chi connectivity index (χ2n) is 3.17. The lowest BCUT2D eigenvalue weighted by atomic mass is 10.1. The van der Waals surface area contributed by atoms with Crippen LogP contribution in [0.5, 0.6) is 0 Å². The van der Waals surface area contributed by atoms with Crippen LogP contribution in [0, 0.1) is 0 Å². The lowest BCUT2D eigenvalue weighted by Crippen LogP contribution is -2.02. The average Bonchev–Trinajstić information content (AvgIpc) is 2.10.